The molecule has 0 fully saturated rings. The lowest BCUT2D eigenvalue weighted by atomic mass is 10.1. The van der Waals surface area contributed by atoms with Gasteiger partial charge >= 0.3 is 0 Å². The number of amides is 2. The lowest BCUT2D eigenvalue weighted by molar-refractivity contribution is -0.128. The maximum atomic E-state index is 12.2. The van der Waals surface area contributed by atoms with E-state index in [2.05, 4.69) is 22.9 Å². The van der Waals surface area contributed by atoms with E-state index >= 15 is 0 Å². The van der Waals surface area contributed by atoms with Crippen molar-refractivity contribution in [3.05, 3.63) is 35.9 Å². The average Bonchev–Trinajstić information content (AvgIpc) is 2.52. The Bertz CT molecular complexity index is 448. The van der Waals surface area contributed by atoms with Crippen molar-refractivity contribution in [2.24, 2.45) is 0 Å². The van der Waals surface area contributed by atoms with Crippen LogP contribution in [-0.4, -0.2) is 30.9 Å². The van der Waals surface area contributed by atoms with Gasteiger partial charge in [0.05, 0.1) is 0 Å². The molecule has 0 aliphatic rings. The minimum absolute atomic E-state index is 0.130. The molecule has 0 saturated carbocycles. The molecule has 3 N–H and O–H groups in total. The predicted octanol–water partition coefficient (Wildman–Crippen LogP) is 1.59. The van der Waals surface area contributed by atoms with E-state index in [1.807, 2.05) is 30.3 Å². The van der Waals surface area contributed by atoms with Gasteiger partial charge in [-0.05, 0) is 37.9 Å². The fourth-order valence-corrected chi connectivity index (χ4v) is 2.16. The Kier molecular flexibility index (Phi) is 8.91. The van der Waals surface area contributed by atoms with Gasteiger partial charge in [-0.15, -0.1) is 0 Å². The maximum absolute atomic E-state index is 12.2. The summed E-state index contributed by atoms with van der Waals surface area (Å²) in [5.74, 6) is -0.309. The summed E-state index contributed by atoms with van der Waals surface area (Å²) < 4.78 is 0. The zero-order valence-corrected chi connectivity index (χ0v) is 13.5. The van der Waals surface area contributed by atoms with Crippen molar-refractivity contribution in [2.45, 2.75) is 45.7 Å². The summed E-state index contributed by atoms with van der Waals surface area (Å²) >= 11 is 0. The van der Waals surface area contributed by atoms with E-state index in [-0.39, 0.29) is 11.8 Å². The van der Waals surface area contributed by atoms with Gasteiger partial charge in [-0.2, -0.15) is 0 Å². The van der Waals surface area contributed by atoms with Crippen molar-refractivity contribution in [1.29, 1.82) is 0 Å². The largest absolute Gasteiger partial charge is 0.350 e. The van der Waals surface area contributed by atoms with Crippen LogP contribution in [0.25, 0.3) is 0 Å². The molecule has 0 aliphatic heterocycles. The topological polar surface area (TPSA) is 70.2 Å². The molecule has 0 heterocycles. The highest BCUT2D eigenvalue weighted by molar-refractivity contribution is 5.86. The Morgan fingerprint density at radius 1 is 1.14 bits per heavy atom. The Morgan fingerprint density at radius 3 is 2.50 bits per heavy atom. The molecule has 0 saturated heterocycles. The van der Waals surface area contributed by atoms with E-state index in [0.717, 1.165) is 31.5 Å². The van der Waals surface area contributed by atoms with E-state index in [1.165, 1.54) is 6.92 Å². The molecular weight excluding hydrogens is 278 g/mol. The number of benzene rings is 1. The summed E-state index contributed by atoms with van der Waals surface area (Å²) in [5, 5.41) is 8.91. The average molecular weight is 305 g/mol. The summed E-state index contributed by atoms with van der Waals surface area (Å²) in [6, 6.07) is 9.27. The van der Waals surface area contributed by atoms with Gasteiger partial charge in [0, 0.05) is 13.5 Å². The van der Waals surface area contributed by atoms with E-state index in [1.54, 1.807) is 0 Å². The minimum Gasteiger partial charge on any atom is -0.350 e. The Hall–Kier alpha value is -1.88. The molecule has 2 amide bonds. The van der Waals surface area contributed by atoms with Crippen LogP contribution in [0, 0.1) is 0 Å². The van der Waals surface area contributed by atoms with Gasteiger partial charge in [0.2, 0.25) is 11.8 Å². The van der Waals surface area contributed by atoms with Crippen LogP contribution in [0.2, 0.25) is 0 Å². The van der Waals surface area contributed by atoms with E-state index < -0.39 is 6.04 Å². The second-order valence-corrected chi connectivity index (χ2v) is 5.35. The Balaban J connectivity index is 2.40. The summed E-state index contributed by atoms with van der Waals surface area (Å²) in [4.78, 5) is 23.5. The van der Waals surface area contributed by atoms with E-state index in [4.69, 9.17) is 0 Å². The van der Waals surface area contributed by atoms with Gasteiger partial charge in [-0.25, -0.2) is 0 Å². The predicted molar refractivity (Wildman–Crippen MR) is 88.3 cm³/mol. The number of nitrogens with one attached hydrogen (secondary N) is 3. The molecular formula is C17H27N3O2. The van der Waals surface area contributed by atoms with Gasteiger partial charge in [0.15, 0.2) is 0 Å². The van der Waals surface area contributed by atoms with Crippen LogP contribution in [0.3, 0.4) is 0 Å². The third-order valence-corrected chi connectivity index (χ3v) is 3.28. The van der Waals surface area contributed by atoms with Crippen LogP contribution in [0.5, 0.6) is 0 Å². The van der Waals surface area contributed by atoms with Crippen molar-refractivity contribution in [3.8, 4) is 0 Å². The van der Waals surface area contributed by atoms with Crippen LogP contribution in [0.4, 0.5) is 0 Å². The van der Waals surface area contributed by atoms with Crippen molar-refractivity contribution >= 4 is 11.8 Å². The van der Waals surface area contributed by atoms with Crippen molar-refractivity contribution in [2.75, 3.05) is 13.1 Å². The Labute approximate surface area is 132 Å². The number of hydrogen-bond donors (Lipinski definition) is 3. The first-order valence-corrected chi connectivity index (χ1v) is 7.93. The fraction of sp³-hybridized carbons (Fsp3) is 0.529. The van der Waals surface area contributed by atoms with Crippen LogP contribution >= 0.6 is 0 Å². The van der Waals surface area contributed by atoms with Crippen LogP contribution in [-0.2, 0) is 16.1 Å². The van der Waals surface area contributed by atoms with Crippen LogP contribution in [0.1, 0.15) is 38.7 Å². The van der Waals surface area contributed by atoms with Crippen molar-refractivity contribution < 1.29 is 9.59 Å². The standard InChI is InChI=1S/C17H27N3O2/c1-3-11-18-12-7-10-16(20-14(2)21)17(22)19-13-15-8-5-4-6-9-15/h4-6,8-9,16,18H,3,7,10-13H2,1-2H3,(H,19,22)(H,20,21)/t16-/m0/s1. The van der Waals surface area contributed by atoms with Crippen LogP contribution < -0.4 is 16.0 Å². The molecule has 0 bridgehead atoms. The first kappa shape index (κ1) is 18.2. The van der Waals surface area contributed by atoms with E-state index in [9.17, 15) is 9.59 Å². The van der Waals surface area contributed by atoms with Crippen molar-refractivity contribution in [1.82, 2.24) is 16.0 Å². The molecule has 1 aromatic rings. The third kappa shape index (κ3) is 7.78. The number of carbonyl (C=O) groups excluding carboxylic acids is 2. The molecule has 0 radical (unpaired) electrons. The van der Waals surface area contributed by atoms with Crippen molar-refractivity contribution in [3.63, 3.8) is 0 Å². The molecule has 22 heavy (non-hydrogen) atoms. The summed E-state index contributed by atoms with van der Waals surface area (Å²) in [6.45, 7) is 5.86. The van der Waals surface area contributed by atoms with Gasteiger partial charge in [0.25, 0.3) is 0 Å². The highest BCUT2D eigenvalue weighted by atomic mass is 16.2. The highest BCUT2D eigenvalue weighted by Crippen LogP contribution is 2.01. The summed E-state index contributed by atoms with van der Waals surface area (Å²) in [7, 11) is 0. The van der Waals surface area contributed by atoms with Gasteiger partial charge in [0.1, 0.15) is 6.04 Å². The second-order valence-electron chi connectivity index (χ2n) is 5.35. The zero-order valence-electron chi connectivity index (χ0n) is 13.5. The molecule has 0 aliphatic carbocycles. The number of hydrogen-bond acceptors (Lipinski definition) is 3. The zero-order chi connectivity index (χ0) is 16.2. The number of carbonyl (C=O) groups is 2. The Morgan fingerprint density at radius 2 is 1.86 bits per heavy atom. The summed E-state index contributed by atoms with van der Waals surface area (Å²) in [5.41, 5.74) is 1.04. The SMILES string of the molecule is CCCNCCC[C@H](NC(C)=O)C(=O)NCc1ccccc1. The van der Waals surface area contributed by atoms with E-state index in [0.29, 0.717) is 13.0 Å². The second kappa shape index (κ2) is 10.8. The fourth-order valence-electron chi connectivity index (χ4n) is 2.16. The highest BCUT2D eigenvalue weighted by Gasteiger charge is 2.18. The molecule has 1 aromatic carbocycles. The normalized spacial score (nSPS) is 11.7. The first-order valence-electron chi connectivity index (χ1n) is 7.93. The van der Waals surface area contributed by atoms with Gasteiger partial charge in [-0.3, -0.25) is 9.59 Å². The first-order chi connectivity index (χ1) is 10.6. The van der Waals surface area contributed by atoms with Crippen LogP contribution in [0.15, 0.2) is 30.3 Å². The number of rotatable bonds is 10. The smallest absolute Gasteiger partial charge is 0.242 e. The molecule has 5 heteroatoms. The molecule has 0 spiro atoms. The van der Waals surface area contributed by atoms with Gasteiger partial charge < -0.3 is 16.0 Å². The lowest BCUT2D eigenvalue weighted by Gasteiger charge is -2.17. The monoisotopic (exact) mass is 305 g/mol. The molecule has 5 nitrogen and oxygen atoms in total. The molecule has 0 aromatic heterocycles. The quantitative estimate of drug-likeness (QED) is 0.575. The molecule has 0 unspecified atom stereocenters. The minimum atomic E-state index is -0.468. The molecule has 1 rings (SSSR count). The lowest BCUT2D eigenvalue weighted by Crippen LogP contribution is -2.46. The van der Waals surface area contributed by atoms with Gasteiger partial charge in [-0.1, -0.05) is 37.3 Å². The maximum Gasteiger partial charge on any atom is 0.242 e. The molecule has 1 atom stereocenters. The summed E-state index contributed by atoms with van der Waals surface area (Å²) in [6.07, 6.45) is 2.58. The third-order valence-electron chi connectivity index (χ3n) is 3.28. The molecule has 122 valence electrons.